The second-order valence-electron chi connectivity index (χ2n) is 19.4. The van der Waals surface area contributed by atoms with Crippen LogP contribution in [0.15, 0.2) is 167 Å². The molecule has 3 aromatic heterocycles. The molecule has 635 valence electrons. The molecule has 0 unspecified atom stereocenters. The summed E-state index contributed by atoms with van der Waals surface area (Å²) in [6.45, 7) is 20.9. The third kappa shape index (κ3) is 63.0. The fraction of sp³-hybridized carbons (Fsp3) is 0.208. The second-order valence-corrected chi connectivity index (χ2v) is 40.5. The van der Waals surface area contributed by atoms with Gasteiger partial charge in [-0.1, -0.05) is 275 Å². The molecular weight excluding hydrogens is 2800 g/mol. The number of anilines is 1. The molecule has 9 N–H and O–H groups in total. The molecule has 3 heterocycles. The van der Waals surface area contributed by atoms with Crippen molar-refractivity contribution in [1.29, 1.82) is 21.0 Å². The van der Waals surface area contributed by atoms with Crippen LogP contribution in [0.25, 0.3) is 52.9 Å². The van der Waals surface area contributed by atoms with Crippen molar-refractivity contribution in [3.63, 3.8) is 0 Å². The van der Waals surface area contributed by atoms with E-state index in [1.165, 1.54) is 31.6 Å². The number of thiocarbonyl (C=S) groups is 2. The van der Waals surface area contributed by atoms with Crippen molar-refractivity contribution in [2.24, 2.45) is 11.5 Å². The normalized spacial score (nSPS) is 8.97. The van der Waals surface area contributed by atoms with Gasteiger partial charge in [0.05, 0.1) is 93.5 Å². The largest absolute Gasteiger partial charge is 0.491 e. The number of thioether (sulfide) groups is 1. The van der Waals surface area contributed by atoms with E-state index in [9.17, 15) is 14.9 Å². The van der Waals surface area contributed by atoms with Crippen LogP contribution in [0.1, 0.15) is 52.3 Å². The number of ketones is 1. The first-order valence-corrected chi connectivity index (χ1v) is 54.4. The summed E-state index contributed by atoms with van der Waals surface area (Å²) in [7, 11) is 0. The van der Waals surface area contributed by atoms with E-state index >= 15 is 0 Å². The van der Waals surface area contributed by atoms with Gasteiger partial charge in [-0.2, -0.15) is 15.8 Å². The Morgan fingerprint density at radius 1 is 0.655 bits per heavy atom. The molecule has 9 aromatic rings. The molecule has 0 aliphatic heterocycles. The van der Waals surface area contributed by atoms with Crippen LogP contribution < -0.4 is 31.4 Å². The number of nitrogens with two attached hydrogens (primary N) is 3. The first kappa shape index (κ1) is 127. The van der Waals surface area contributed by atoms with Gasteiger partial charge in [-0.05, 0) is 107 Å². The number of nitrogens with zero attached hydrogens (tertiary/aromatic N) is 10. The summed E-state index contributed by atoms with van der Waals surface area (Å²) in [4.78, 5) is 48.8. The number of carbonyl (C=O) groups is 2. The van der Waals surface area contributed by atoms with Crippen LogP contribution in [-0.4, -0.2) is 118 Å². The van der Waals surface area contributed by atoms with E-state index < -0.39 is 0 Å². The van der Waals surface area contributed by atoms with Crippen LogP contribution in [0.5, 0.6) is 17.2 Å². The van der Waals surface area contributed by atoms with Crippen molar-refractivity contribution in [3.05, 3.63) is 250 Å². The number of nitriles is 4. The molecule has 0 saturated heterocycles. The summed E-state index contributed by atoms with van der Waals surface area (Å²) in [5.74, 6) is 2.83. The van der Waals surface area contributed by atoms with Crippen LogP contribution in [0.2, 0.25) is 15.1 Å². The third-order valence-electron chi connectivity index (χ3n) is 11.7. The summed E-state index contributed by atoms with van der Waals surface area (Å²) >= 11 is 66.5. The predicted molar refractivity (Wildman–Crippen MR) is 576 cm³/mol. The topological polar surface area (TPSA) is 347 Å². The summed E-state index contributed by atoms with van der Waals surface area (Å²) in [5.41, 5.74) is 24.0. The third-order valence-corrected chi connectivity index (χ3v) is 16.6. The van der Waals surface area contributed by atoms with Crippen molar-refractivity contribution in [2.45, 2.75) is 30.4 Å². The number of thiazole rings is 2. The maximum atomic E-state index is 10.3. The molecule has 0 spiro atoms. The van der Waals surface area contributed by atoms with E-state index in [0.717, 1.165) is 54.9 Å². The molecule has 6 aromatic carbocycles. The number of Topliss-reactive ketones (excluding diaryl/α,β-unsaturated/α-hetero) is 1. The fourth-order valence-electron chi connectivity index (χ4n) is 7.03. The quantitative estimate of drug-likeness (QED) is 0.00536. The summed E-state index contributed by atoms with van der Waals surface area (Å²) in [6, 6.07) is 50.3. The zero-order valence-electron chi connectivity index (χ0n) is 61.4. The average molecular weight is 2870 g/mol. The van der Waals surface area contributed by atoms with Gasteiger partial charge in [0.15, 0.2) is 5.78 Å². The average Bonchev–Trinajstić information content (AvgIpc) is 1.17. The number of benzene rings is 6. The molecule has 21 nitrogen and oxygen atoms in total. The van der Waals surface area contributed by atoms with E-state index in [-0.39, 0.29) is 124 Å². The van der Waals surface area contributed by atoms with Gasteiger partial charge in [-0.3, -0.25) is 14.5 Å². The summed E-state index contributed by atoms with van der Waals surface area (Å²) in [5, 5.41) is 68.3. The smallest absolute Gasteiger partial charge is 0.298 e. The Morgan fingerprint density at radius 3 is 1.34 bits per heavy atom. The second kappa shape index (κ2) is 86.1. The van der Waals surface area contributed by atoms with Gasteiger partial charge < -0.3 is 74.2 Å². The number of pyridine rings is 1. The Kier molecular flexibility index (Phi) is 92.0. The van der Waals surface area contributed by atoms with Gasteiger partial charge in [0.1, 0.15) is 81.3 Å². The first-order valence-electron chi connectivity index (χ1n) is 31.4. The van der Waals surface area contributed by atoms with Crippen LogP contribution in [0, 0.1) is 70.0 Å². The number of aliphatic hydroxyl groups is 3. The number of aliphatic hydroxyl groups excluding tert-OH is 3. The molecule has 9 rings (SSSR count). The number of hydrogen-bond acceptors (Lipinski definition) is 21. The van der Waals surface area contributed by atoms with Crippen LogP contribution in [0.3, 0.4) is 0 Å². The summed E-state index contributed by atoms with van der Waals surface area (Å²) < 4.78 is 17.6. The SMILES string of the molecule is C.CI.ClCc1csc(-c2ccc(Cl)cc2)n1.IC(I)I.ICI.II.N#CCC(N)=S.NC(=S)c1ccc(Cl)cc1.O=C(CCl)CCl.O=Cc1ccc(OCCO)cc1.[C-]#[N+]/C(C#N)=C\c1ccc(OCCO)cc1.[C-]#[N+]CC#N.[C-]#[N+]c1c(N)nc(SCc2csc(-c3ccc(Cl)cc3)n2)c(C#N)c1-c1ccc(OCCO)cc1.[CH2-]I.[V]. The number of hydrogen-bond donors (Lipinski definition) is 6. The Morgan fingerprint density at radius 2 is 1.04 bits per heavy atom. The standard InChI is InChI=1S/C25H18ClN5O2S2.C12H10N2O2.C10H7Cl2NS.C9H10O3.C7H6ClNS.C3H4Cl2O.C3H4N2S.C3H2N2.CHI3.CH2I2.CH3I.CH2I.CH4.I2.V/c1-29-22-21(15-4-8-19(9-5-15)33-11-10-32)20(12-27)25(31-23(22)28)35-14-18-13-34-24(30-18)16-2-6-17(26)7-3-16;1-14-11(9-13)8-10-2-4-12(5-3-10)16-7-6-15;11-5-9-6-14-10(13-9)7-1-3-8(12)4-2-7;10-5-6-12-9-3-1-8(7-11)2-4-9;8-6-3-1-5(2-4-6)7(9)10;4-1-3(6)2-5;4-2-1-3(5)6;1-5-3-2-4;2-1(3)4;2-1-3;2*1-2;;1-2;/h2-9,13,32H,10-11,14H2,(H2,28,31);2-5,8,15H,6-7H2;1-4,6H,5H2;1-4,7,10H,5-6H2;1-4H,(H2,9,10);1-2H2;1H2,(H2,5,6);3H2;1H;1H2;1H3;1H2;1H4;;/q;;;;;;;;;;;-1;;;/b;11-8-;;;;;;;;;;;;;. The number of allylic oxidation sites excluding steroid dienone is 1. The number of nitrogen functional groups attached to an aromatic ring is 1. The minimum Gasteiger partial charge on any atom is -0.491 e. The van der Waals surface area contributed by atoms with Gasteiger partial charge in [0.2, 0.25) is 5.69 Å². The molecule has 119 heavy (non-hydrogen) atoms. The Balaban J connectivity index is -0.000000324. The van der Waals surface area contributed by atoms with E-state index in [1.807, 2.05) is 86.8 Å². The molecule has 1 radical (unpaired) electrons. The minimum absolute atomic E-state index is 0. The van der Waals surface area contributed by atoms with E-state index in [1.54, 1.807) is 127 Å². The Hall–Kier alpha value is -2.66. The van der Waals surface area contributed by atoms with Gasteiger partial charge in [0, 0.05) is 115 Å². The fourth-order valence-corrected chi connectivity index (χ4v) is 10.8. The van der Waals surface area contributed by atoms with Crippen molar-refractivity contribution in [3.8, 4) is 73.8 Å². The zero-order chi connectivity index (χ0) is 89.3. The first-order chi connectivity index (χ1) is 56.3. The van der Waals surface area contributed by atoms with Crippen molar-refractivity contribution < 1.29 is 57.7 Å². The van der Waals surface area contributed by atoms with E-state index in [4.69, 9.17) is 164 Å². The molecular formula is C77H73Cl6I9N13O8S5V-. The maximum Gasteiger partial charge on any atom is 0.298 e. The number of rotatable bonds is 22. The number of carbonyl (C=O) groups excluding carboxylic acids is 2. The zero-order valence-corrected chi connectivity index (χ0v) is 90.8. The molecule has 0 atom stereocenters. The van der Waals surface area contributed by atoms with Crippen LogP contribution >= 0.6 is 324 Å². The molecule has 0 bridgehead atoms. The molecule has 0 aliphatic carbocycles. The molecule has 0 fully saturated rings. The Labute approximate surface area is 880 Å². The van der Waals surface area contributed by atoms with Crippen molar-refractivity contribution in [2.75, 3.05) is 71.0 Å². The Bertz CT molecular complexity index is 4590. The van der Waals surface area contributed by atoms with Crippen LogP contribution in [0.4, 0.5) is 11.5 Å². The van der Waals surface area contributed by atoms with Gasteiger partial charge in [-0.15, -0.1) is 57.5 Å². The van der Waals surface area contributed by atoms with Gasteiger partial charge >= 0.3 is 0 Å². The van der Waals surface area contributed by atoms with Crippen molar-refractivity contribution >= 4 is 363 Å². The van der Waals surface area contributed by atoms with E-state index in [0.29, 0.717) is 65.6 Å². The van der Waals surface area contributed by atoms with Crippen molar-refractivity contribution in [1.82, 2.24) is 15.0 Å². The van der Waals surface area contributed by atoms with E-state index in [2.05, 4.69) is 225 Å². The molecule has 0 saturated carbocycles. The maximum absolute atomic E-state index is 10.3. The number of alkyl halides is 9. The molecule has 0 aliphatic rings. The number of aromatic nitrogens is 3. The molecule has 0 amide bonds. The number of ether oxygens (including phenoxy) is 3. The monoisotopic (exact) mass is 2870 g/mol. The number of halogens is 15. The minimum atomic E-state index is -0.127. The van der Waals surface area contributed by atoms with Gasteiger partial charge in [0.25, 0.3) is 12.2 Å². The van der Waals surface area contributed by atoms with Crippen LogP contribution in [-0.2, 0) is 35.0 Å². The predicted octanol–water partition coefficient (Wildman–Crippen LogP) is 25.8. The number of aldehydes is 1. The summed E-state index contributed by atoms with van der Waals surface area (Å²) in [6.07, 6.45) is 2.47. The molecule has 42 heteroatoms. The van der Waals surface area contributed by atoms with Gasteiger partial charge in [-0.25, -0.2) is 36.5 Å².